The lowest BCUT2D eigenvalue weighted by atomic mass is 10.1. The van der Waals surface area contributed by atoms with Crippen molar-refractivity contribution in [3.63, 3.8) is 0 Å². The van der Waals surface area contributed by atoms with Gasteiger partial charge in [-0.15, -0.1) is 0 Å². The second-order valence-corrected chi connectivity index (χ2v) is 4.20. The van der Waals surface area contributed by atoms with Crippen LogP contribution in [0, 0.1) is 10.1 Å². The van der Waals surface area contributed by atoms with Crippen LogP contribution in [0.2, 0.25) is 0 Å². The Morgan fingerprint density at radius 1 is 1.10 bits per heavy atom. The highest BCUT2D eigenvalue weighted by atomic mass is 19.4. The summed E-state index contributed by atoms with van der Waals surface area (Å²) in [4.78, 5) is 9.95. The van der Waals surface area contributed by atoms with E-state index in [4.69, 9.17) is 5.73 Å². The number of para-hydroxylation sites is 1. The summed E-state index contributed by atoms with van der Waals surface area (Å²) in [6.07, 6.45) is -4.51. The average Bonchev–Trinajstić information content (AvgIpc) is 2.40. The van der Waals surface area contributed by atoms with Crippen LogP contribution in [0.5, 0.6) is 0 Å². The molecule has 0 radical (unpaired) electrons. The van der Waals surface area contributed by atoms with Gasteiger partial charge in [-0.3, -0.25) is 10.1 Å². The highest BCUT2D eigenvalue weighted by molar-refractivity contribution is 5.76. The number of hydrogen-bond donors (Lipinski definition) is 2. The first-order chi connectivity index (χ1) is 9.79. The van der Waals surface area contributed by atoms with E-state index in [1.165, 1.54) is 24.3 Å². The molecule has 0 saturated carbocycles. The number of non-ortho nitro benzene ring substituents is 1. The van der Waals surface area contributed by atoms with Crippen LogP contribution in [0.3, 0.4) is 0 Å². The maximum Gasteiger partial charge on any atom is 0.418 e. The normalized spacial score (nSPS) is 11.2. The van der Waals surface area contributed by atoms with Crippen LogP contribution in [0.4, 0.5) is 35.9 Å². The van der Waals surface area contributed by atoms with E-state index in [0.717, 1.165) is 18.2 Å². The Labute approximate surface area is 117 Å². The fraction of sp³-hybridized carbons (Fsp3) is 0.0769. The number of nitrogens with one attached hydrogen (secondary N) is 1. The Morgan fingerprint density at radius 2 is 1.76 bits per heavy atom. The Kier molecular flexibility index (Phi) is 3.70. The summed E-state index contributed by atoms with van der Waals surface area (Å²) in [6.45, 7) is 0. The zero-order valence-electron chi connectivity index (χ0n) is 10.5. The molecule has 5 nitrogen and oxygen atoms in total. The maximum atomic E-state index is 12.9. The molecule has 110 valence electrons. The van der Waals surface area contributed by atoms with Crippen LogP contribution in [0.15, 0.2) is 42.5 Å². The fourth-order valence-corrected chi connectivity index (χ4v) is 1.76. The van der Waals surface area contributed by atoms with Gasteiger partial charge in [0, 0.05) is 12.1 Å². The van der Waals surface area contributed by atoms with Gasteiger partial charge in [0.05, 0.1) is 27.5 Å². The number of alkyl halides is 3. The molecule has 0 aliphatic heterocycles. The van der Waals surface area contributed by atoms with Crippen molar-refractivity contribution in [2.45, 2.75) is 6.18 Å². The molecule has 2 aromatic rings. The van der Waals surface area contributed by atoms with Crippen molar-refractivity contribution in [3.05, 3.63) is 58.1 Å². The summed E-state index contributed by atoms with van der Waals surface area (Å²) < 4.78 is 38.6. The van der Waals surface area contributed by atoms with Gasteiger partial charge in [0.15, 0.2) is 0 Å². The van der Waals surface area contributed by atoms with Crippen molar-refractivity contribution in [2.24, 2.45) is 0 Å². The third kappa shape index (κ3) is 3.22. The number of nitro benzene ring substituents is 1. The lowest BCUT2D eigenvalue weighted by molar-refractivity contribution is -0.384. The molecule has 0 spiro atoms. The van der Waals surface area contributed by atoms with Crippen molar-refractivity contribution >= 4 is 22.7 Å². The molecule has 0 heterocycles. The van der Waals surface area contributed by atoms with Gasteiger partial charge in [-0.05, 0) is 18.2 Å². The average molecular weight is 297 g/mol. The van der Waals surface area contributed by atoms with Gasteiger partial charge in [0.2, 0.25) is 0 Å². The van der Waals surface area contributed by atoms with E-state index in [1.807, 2.05) is 0 Å². The minimum atomic E-state index is -4.51. The Bertz CT molecular complexity index is 687. The van der Waals surface area contributed by atoms with E-state index in [2.05, 4.69) is 5.32 Å². The number of hydrogen-bond acceptors (Lipinski definition) is 4. The molecule has 0 aliphatic carbocycles. The van der Waals surface area contributed by atoms with Gasteiger partial charge >= 0.3 is 6.18 Å². The molecule has 21 heavy (non-hydrogen) atoms. The summed E-state index contributed by atoms with van der Waals surface area (Å²) >= 11 is 0. The first-order valence-electron chi connectivity index (χ1n) is 5.76. The molecule has 2 aromatic carbocycles. The fourth-order valence-electron chi connectivity index (χ4n) is 1.76. The second kappa shape index (κ2) is 5.31. The highest BCUT2D eigenvalue weighted by Crippen LogP contribution is 2.37. The van der Waals surface area contributed by atoms with Crippen LogP contribution in [0.1, 0.15) is 5.56 Å². The zero-order valence-corrected chi connectivity index (χ0v) is 10.5. The number of anilines is 3. The molecule has 0 aliphatic rings. The third-order valence-corrected chi connectivity index (χ3v) is 2.75. The van der Waals surface area contributed by atoms with E-state index < -0.39 is 16.7 Å². The van der Waals surface area contributed by atoms with Crippen molar-refractivity contribution in [3.8, 4) is 0 Å². The van der Waals surface area contributed by atoms with Gasteiger partial charge in [0.25, 0.3) is 5.69 Å². The lowest BCUT2D eigenvalue weighted by Gasteiger charge is -2.15. The van der Waals surface area contributed by atoms with Gasteiger partial charge < -0.3 is 11.1 Å². The van der Waals surface area contributed by atoms with Crippen LogP contribution in [0.25, 0.3) is 0 Å². The maximum absolute atomic E-state index is 12.9. The number of halogens is 3. The van der Waals surface area contributed by atoms with Gasteiger partial charge in [-0.1, -0.05) is 12.1 Å². The number of nitrogens with zero attached hydrogens (tertiary/aromatic N) is 1. The summed E-state index contributed by atoms with van der Waals surface area (Å²) in [5, 5.41) is 13.1. The topological polar surface area (TPSA) is 81.2 Å². The largest absolute Gasteiger partial charge is 0.418 e. The second-order valence-electron chi connectivity index (χ2n) is 4.20. The highest BCUT2D eigenvalue weighted by Gasteiger charge is 2.33. The van der Waals surface area contributed by atoms with Crippen LogP contribution >= 0.6 is 0 Å². The molecule has 0 atom stereocenters. The zero-order chi connectivity index (χ0) is 15.6. The Balaban J connectivity index is 2.38. The van der Waals surface area contributed by atoms with Crippen LogP contribution in [-0.4, -0.2) is 4.92 Å². The minimum absolute atomic E-state index is 0.0128. The monoisotopic (exact) mass is 297 g/mol. The van der Waals surface area contributed by atoms with Crippen LogP contribution in [-0.2, 0) is 6.18 Å². The van der Waals surface area contributed by atoms with Crippen molar-refractivity contribution in [1.82, 2.24) is 0 Å². The van der Waals surface area contributed by atoms with E-state index >= 15 is 0 Å². The van der Waals surface area contributed by atoms with Crippen molar-refractivity contribution in [2.75, 3.05) is 11.1 Å². The smallest absolute Gasteiger partial charge is 0.397 e. The Morgan fingerprint density at radius 3 is 2.33 bits per heavy atom. The summed E-state index contributed by atoms with van der Waals surface area (Å²) in [6, 6.07) is 8.41. The van der Waals surface area contributed by atoms with E-state index in [-0.39, 0.29) is 22.7 Å². The predicted octanol–water partition coefficient (Wildman–Crippen LogP) is 3.94. The number of benzene rings is 2. The molecule has 2 rings (SSSR count). The van der Waals surface area contributed by atoms with Gasteiger partial charge in [0.1, 0.15) is 0 Å². The minimum Gasteiger partial charge on any atom is -0.397 e. The summed E-state index contributed by atoms with van der Waals surface area (Å²) in [5.74, 6) is 0. The quantitative estimate of drug-likeness (QED) is 0.511. The molecule has 0 aromatic heterocycles. The van der Waals surface area contributed by atoms with Gasteiger partial charge in [-0.25, -0.2) is 0 Å². The molecule has 0 unspecified atom stereocenters. The van der Waals surface area contributed by atoms with Gasteiger partial charge in [-0.2, -0.15) is 13.2 Å². The number of nitrogens with two attached hydrogens (primary N) is 1. The molecule has 0 saturated heterocycles. The number of rotatable bonds is 3. The SMILES string of the molecule is Nc1cc([N+](=O)[O-])ccc1Nc1ccccc1C(F)(F)F. The van der Waals surface area contributed by atoms with Crippen LogP contribution < -0.4 is 11.1 Å². The van der Waals surface area contributed by atoms with Crippen molar-refractivity contribution in [1.29, 1.82) is 0 Å². The van der Waals surface area contributed by atoms with E-state index in [1.54, 1.807) is 0 Å². The summed E-state index contributed by atoms with van der Waals surface area (Å²) in [7, 11) is 0. The lowest BCUT2D eigenvalue weighted by Crippen LogP contribution is -2.09. The molecule has 8 heteroatoms. The Hall–Kier alpha value is -2.77. The van der Waals surface area contributed by atoms with Crippen molar-refractivity contribution < 1.29 is 18.1 Å². The number of nitro groups is 1. The molecular weight excluding hydrogens is 287 g/mol. The molecule has 0 bridgehead atoms. The standard InChI is InChI=1S/C13H10F3N3O2/c14-13(15,16)9-3-1-2-4-11(9)18-12-6-5-8(19(20)21)7-10(12)17/h1-7,18H,17H2. The first kappa shape index (κ1) is 14.6. The number of nitrogen functional groups attached to an aromatic ring is 1. The first-order valence-corrected chi connectivity index (χ1v) is 5.76. The summed E-state index contributed by atoms with van der Waals surface area (Å²) in [5.41, 5.74) is 4.52. The van der Waals surface area contributed by atoms with E-state index in [9.17, 15) is 23.3 Å². The molecule has 3 N–H and O–H groups in total. The molecular formula is C13H10F3N3O2. The third-order valence-electron chi connectivity index (χ3n) is 2.75. The predicted molar refractivity (Wildman–Crippen MR) is 72.2 cm³/mol. The molecule has 0 fully saturated rings. The molecule has 0 amide bonds. The van der Waals surface area contributed by atoms with E-state index in [0.29, 0.717) is 0 Å².